The molecule has 6 nitrogen and oxygen atoms in total. The van der Waals surface area contributed by atoms with Crippen LogP contribution < -0.4 is 16.0 Å². The zero-order valence-corrected chi connectivity index (χ0v) is 10.1. The molecule has 0 aliphatic carbocycles. The Kier molecular flexibility index (Phi) is 3.22. The van der Waals surface area contributed by atoms with E-state index in [1.165, 1.54) is 6.34 Å². The molecule has 2 aliphatic heterocycles. The molecule has 2 aliphatic rings. The average molecular weight is 247 g/mol. The summed E-state index contributed by atoms with van der Waals surface area (Å²) in [5.41, 5.74) is 2.45. The van der Waals surface area contributed by atoms with Crippen LogP contribution in [0.25, 0.3) is 0 Å². The highest BCUT2D eigenvalue weighted by Crippen LogP contribution is 2.28. The third-order valence-corrected chi connectivity index (χ3v) is 3.34. The van der Waals surface area contributed by atoms with Crippen molar-refractivity contribution in [1.82, 2.24) is 20.9 Å². The number of aliphatic hydroxyl groups is 1. The molecule has 3 heterocycles. The minimum absolute atomic E-state index is 0.684. The van der Waals surface area contributed by atoms with E-state index in [0.717, 1.165) is 42.5 Å². The van der Waals surface area contributed by atoms with Crippen molar-refractivity contribution in [3.8, 4) is 0 Å². The van der Waals surface area contributed by atoms with Crippen LogP contribution in [0, 0.1) is 5.92 Å². The van der Waals surface area contributed by atoms with E-state index in [4.69, 9.17) is 0 Å². The molecule has 1 aromatic rings. The van der Waals surface area contributed by atoms with Crippen molar-refractivity contribution in [1.29, 1.82) is 0 Å². The average Bonchev–Trinajstić information content (AvgIpc) is 2.33. The fourth-order valence-electron chi connectivity index (χ4n) is 2.16. The molecule has 1 saturated heterocycles. The molecule has 0 bridgehead atoms. The molecule has 6 heteroatoms. The monoisotopic (exact) mass is 247 g/mol. The Morgan fingerprint density at radius 3 is 3.11 bits per heavy atom. The number of hydrogen-bond acceptors (Lipinski definition) is 6. The summed E-state index contributed by atoms with van der Waals surface area (Å²) in [5, 5.41) is 19.2. The lowest BCUT2D eigenvalue weighted by atomic mass is 10.0. The van der Waals surface area contributed by atoms with Gasteiger partial charge in [0.25, 0.3) is 0 Å². The number of fused-ring (bicyclic) bond motifs is 1. The normalized spacial score (nSPS) is 22.2. The zero-order chi connectivity index (χ0) is 12.4. The van der Waals surface area contributed by atoms with Crippen molar-refractivity contribution in [2.24, 2.45) is 10.9 Å². The van der Waals surface area contributed by atoms with E-state index in [-0.39, 0.29) is 0 Å². The predicted molar refractivity (Wildman–Crippen MR) is 68.6 cm³/mol. The van der Waals surface area contributed by atoms with Crippen LogP contribution in [0.15, 0.2) is 17.3 Å². The standard InChI is InChI=1S/C12H17N5O/c18-12-9-1-2-15-10(11(9)16-7-17-12)6-14-5-8-3-13-4-8/h1-2,7-8,12-14,18H,3-6H2,(H,16,17). The van der Waals surface area contributed by atoms with Crippen LogP contribution in [-0.4, -0.2) is 36.1 Å². The van der Waals surface area contributed by atoms with Crippen LogP contribution in [0.2, 0.25) is 0 Å². The molecule has 0 spiro atoms. The van der Waals surface area contributed by atoms with Crippen LogP contribution >= 0.6 is 0 Å². The first-order valence-corrected chi connectivity index (χ1v) is 6.20. The van der Waals surface area contributed by atoms with Crippen LogP contribution in [-0.2, 0) is 6.54 Å². The van der Waals surface area contributed by atoms with Gasteiger partial charge in [-0.2, -0.15) is 0 Å². The fraction of sp³-hybridized carbons (Fsp3) is 0.500. The number of nitrogens with zero attached hydrogens (tertiary/aromatic N) is 2. The summed E-state index contributed by atoms with van der Waals surface area (Å²) in [6.45, 7) is 3.86. The summed E-state index contributed by atoms with van der Waals surface area (Å²) >= 11 is 0. The molecule has 1 atom stereocenters. The number of aromatic nitrogens is 1. The molecule has 0 aromatic carbocycles. The first kappa shape index (κ1) is 11.6. The Morgan fingerprint density at radius 2 is 2.33 bits per heavy atom. The van der Waals surface area contributed by atoms with E-state index in [9.17, 15) is 5.11 Å². The van der Waals surface area contributed by atoms with Gasteiger partial charge in [0.1, 0.15) is 0 Å². The number of aliphatic imine (C=N–C) groups is 1. The molecular formula is C12H17N5O. The Hall–Kier alpha value is -1.50. The van der Waals surface area contributed by atoms with Gasteiger partial charge in [-0.15, -0.1) is 0 Å². The Balaban J connectivity index is 1.68. The van der Waals surface area contributed by atoms with E-state index >= 15 is 0 Å². The van der Waals surface area contributed by atoms with Crippen molar-refractivity contribution in [3.05, 3.63) is 23.5 Å². The maximum absolute atomic E-state index is 9.79. The second kappa shape index (κ2) is 5.01. The van der Waals surface area contributed by atoms with Gasteiger partial charge in [-0.3, -0.25) is 4.98 Å². The minimum Gasteiger partial charge on any atom is -0.369 e. The van der Waals surface area contributed by atoms with Crippen molar-refractivity contribution < 1.29 is 5.11 Å². The quantitative estimate of drug-likeness (QED) is 0.584. The van der Waals surface area contributed by atoms with E-state index < -0.39 is 6.23 Å². The second-order valence-corrected chi connectivity index (χ2v) is 4.68. The SMILES string of the molecule is OC1NC=Nc2c1ccnc2CNCC1CNC1. The topological polar surface area (TPSA) is 81.6 Å². The van der Waals surface area contributed by atoms with Gasteiger partial charge in [-0.1, -0.05) is 0 Å². The van der Waals surface area contributed by atoms with Gasteiger partial charge >= 0.3 is 0 Å². The van der Waals surface area contributed by atoms with Crippen molar-refractivity contribution in [2.45, 2.75) is 12.8 Å². The molecule has 0 saturated carbocycles. The van der Waals surface area contributed by atoms with Crippen LogP contribution in [0.3, 0.4) is 0 Å². The summed E-state index contributed by atoms with van der Waals surface area (Å²) < 4.78 is 0. The van der Waals surface area contributed by atoms with Gasteiger partial charge in [-0.05, 0) is 12.0 Å². The molecule has 18 heavy (non-hydrogen) atoms. The van der Waals surface area contributed by atoms with E-state index in [1.54, 1.807) is 12.3 Å². The number of aliphatic hydroxyl groups excluding tert-OH is 1. The summed E-state index contributed by atoms with van der Waals surface area (Å²) in [7, 11) is 0. The summed E-state index contributed by atoms with van der Waals surface area (Å²) in [6.07, 6.45) is 2.55. The molecular weight excluding hydrogens is 230 g/mol. The van der Waals surface area contributed by atoms with E-state index in [1.807, 2.05) is 0 Å². The van der Waals surface area contributed by atoms with Gasteiger partial charge in [0.05, 0.1) is 17.7 Å². The molecule has 0 radical (unpaired) electrons. The molecule has 3 rings (SSSR count). The predicted octanol–water partition coefficient (Wildman–Crippen LogP) is -0.355. The van der Waals surface area contributed by atoms with Crippen LogP contribution in [0.5, 0.6) is 0 Å². The highest BCUT2D eigenvalue weighted by atomic mass is 16.3. The minimum atomic E-state index is -0.685. The maximum atomic E-state index is 9.79. The molecule has 1 aromatic heterocycles. The number of nitrogens with one attached hydrogen (secondary N) is 3. The Bertz CT molecular complexity index is 458. The third kappa shape index (κ3) is 2.22. The van der Waals surface area contributed by atoms with Gasteiger partial charge < -0.3 is 21.1 Å². The lowest BCUT2D eigenvalue weighted by molar-refractivity contribution is 0.163. The van der Waals surface area contributed by atoms with Crippen molar-refractivity contribution >= 4 is 12.0 Å². The van der Waals surface area contributed by atoms with Crippen LogP contribution in [0.4, 0.5) is 5.69 Å². The lowest BCUT2D eigenvalue weighted by Crippen LogP contribution is -2.47. The largest absolute Gasteiger partial charge is 0.369 e. The van der Waals surface area contributed by atoms with E-state index in [0.29, 0.717) is 6.54 Å². The number of hydrogen-bond donors (Lipinski definition) is 4. The molecule has 4 N–H and O–H groups in total. The maximum Gasteiger partial charge on any atom is 0.153 e. The first-order chi connectivity index (χ1) is 8.84. The highest BCUT2D eigenvalue weighted by Gasteiger charge is 2.19. The number of pyridine rings is 1. The molecule has 1 unspecified atom stereocenters. The smallest absolute Gasteiger partial charge is 0.153 e. The Labute approximate surface area is 106 Å². The summed E-state index contributed by atoms with van der Waals surface area (Å²) in [6, 6.07) is 1.79. The fourth-order valence-corrected chi connectivity index (χ4v) is 2.16. The highest BCUT2D eigenvalue weighted by molar-refractivity contribution is 5.68. The van der Waals surface area contributed by atoms with Crippen LogP contribution in [0.1, 0.15) is 17.5 Å². The molecule has 96 valence electrons. The Morgan fingerprint density at radius 1 is 1.44 bits per heavy atom. The van der Waals surface area contributed by atoms with Gasteiger partial charge in [0.15, 0.2) is 6.23 Å². The second-order valence-electron chi connectivity index (χ2n) is 4.68. The molecule has 0 amide bonds. The summed E-state index contributed by atoms with van der Waals surface area (Å²) in [5.74, 6) is 0.722. The van der Waals surface area contributed by atoms with Crippen molar-refractivity contribution in [3.63, 3.8) is 0 Å². The van der Waals surface area contributed by atoms with E-state index in [2.05, 4.69) is 25.9 Å². The molecule has 1 fully saturated rings. The van der Waals surface area contributed by atoms with Crippen molar-refractivity contribution in [2.75, 3.05) is 19.6 Å². The van der Waals surface area contributed by atoms with Gasteiger partial charge in [-0.25, -0.2) is 4.99 Å². The summed E-state index contributed by atoms with van der Waals surface area (Å²) in [4.78, 5) is 8.60. The zero-order valence-electron chi connectivity index (χ0n) is 10.1. The first-order valence-electron chi connectivity index (χ1n) is 6.20. The third-order valence-electron chi connectivity index (χ3n) is 3.34. The van der Waals surface area contributed by atoms with Gasteiger partial charge in [0.2, 0.25) is 0 Å². The van der Waals surface area contributed by atoms with Gasteiger partial charge in [0, 0.05) is 37.9 Å². The number of rotatable bonds is 4. The lowest BCUT2D eigenvalue weighted by Gasteiger charge is -2.27.